The van der Waals surface area contributed by atoms with Gasteiger partial charge in [0.05, 0.1) is 25.3 Å². The van der Waals surface area contributed by atoms with E-state index in [9.17, 15) is 9.59 Å². The Kier molecular flexibility index (Phi) is 6.48. The second kappa shape index (κ2) is 9.23. The van der Waals surface area contributed by atoms with E-state index in [1.807, 2.05) is 24.3 Å². The molecule has 3 rings (SSSR count). The molecule has 0 radical (unpaired) electrons. The number of carbonyl (C=O) groups excluding carboxylic acids is 2. The van der Waals surface area contributed by atoms with Crippen LogP contribution >= 0.6 is 15.9 Å². The molecule has 10 heteroatoms. The van der Waals surface area contributed by atoms with E-state index in [2.05, 4.69) is 36.5 Å². The normalized spacial score (nSPS) is 10.2. The zero-order chi connectivity index (χ0) is 21.7. The first-order valence-corrected chi connectivity index (χ1v) is 9.42. The first-order valence-electron chi connectivity index (χ1n) is 8.63. The molecular formula is C20H18BrN5O4. The molecule has 154 valence electrons. The van der Waals surface area contributed by atoms with Crippen LogP contribution in [0.25, 0.3) is 0 Å². The Morgan fingerprint density at radius 1 is 0.900 bits per heavy atom. The van der Waals surface area contributed by atoms with Crippen molar-refractivity contribution in [2.45, 2.75) is 0 Å². The summed E-state index contributed by atoms with van der Waals surface area (Å²) in [6.07, 6.45) is 1.34. The quantitative estimate of drug-likeness (QED) is 0.458. The maximum Gasteiger partial charge on any atom is 0.337 e. The van der Waals surface area contributed by atoms with Crippen molar-refractivity contribution >= 4 is 56.6 Å². The second-order valence-corrected chi connectivity index (χ2v) is 6.94. The molecule has 0 aliphatic rings. The number of methoxy groups -OCH3 is 2. The Hall–Kier alpha value is -3.66. The first-order chi connectivity index (χ1) is 14.4. The molecule has 0 saturated carbocycles. The maximum atomic E-state index is 12.0. The molecule has 0 aliphatic heterocycles. The third-order valence-electron chi connectivity index (χ3n) is 4.01. The number of carbonyl (C=O) groups is 2. The van der Waals surface area contributed by atoms with Crippen LogP contribution in [-0.2, 0) is 9.47 Å². The molecule has 0 aliphatic carbocycles. The van der Waals surface area contributed by atoms with Crippen LogP contribution in [-0.4, -0.2) is 36.1 Å². The topological polar surface area (TPSA) is 128 Å². The minimum Gasteiger partial charge on any atom is -0.465 e. The van der Waals surface area contributed by atoms with Gasteiger partial charge in [-0.3, -0.25) is 0 Å². The van der Waals surface area contributed by atoms with Crippen molar-refractivity contribution in [3.63, 3.8) is 0 Å². The van der Waals surface area contributed by atoms with Gasteiger partial charge in [-0.15, -0.1) is 0 Å². The summed E-state index contributed by atoms with van der Waals surface area (Å²) < 4.78 is 10.4. The molecule has 2 aromatic carbocycles. The summed E-state index contributed by atoms with van der Waals surface area (Å²) >= 11 is 3.41. The van der Waals surface area contributed by atoms with Crippen LogP contribution < -0.4 is 16.4 Å². The molecule has 9 nitrogen and oxygen atoms in total. The fraction of sp³-hybridized carbons (Fsp3) is 0.100. The summed E-state index contributed by atoms with van der Waals surface area (Å²) in [6.45, 7) is 0. The number of nitrogens with zero attached hydrogens (tertiary/aromatic N) is 2. The van der Waals surface area contributed by atoms with Crippen LogP contribution in [0.2, 0.25) is 0 Å². The van der Waals surface area contributed by atoms with E-state index < -0.39 is 11.9 Å². The number of benzene rings is 2. The lowest BCUT2D eigenvalue weighted by molar-refractivity contribution is 0.0599. The Bertz CT molecular complexity index is 1070. The molecule has 1 heterocycles. The summed E-state index contributed by atoms with van der Waals surface area (Å²) in [5, 5.41) is 6.13. The molecule has 0 unspecified atom stereocenters. The number of anilines is 5. The van der Waals surface area contributed by atoms with Crippen molar-refractivity contribution in [1.29, 1.82) is 0 Å². The lowest BCUT2D eigenvalue weighted by Crippen LogP contribution is -2.09. The van der Waals surface area contributed by atoms with Crippen molar-refractivity contribution in [3.8, 4) is 0 Å². The van der Waals surface area contributed by atoms with Crippen molar-refractivity contribution in [3.05, 3.63) is 64.4 Å². The largest absolute Gasteiger partial charge is 0.465 e. The highest BCUT2D eigenvalue weighted by atomic mass is 79.9. The van der Waals surface area contributed by atoms with Gasteiger partial charge in [-0.25, -0.2) is 19.6 Å². The van der Waals surface area contributed by atoms with Crippen LogP contribution in [0.4, 0.5) is 28.7 Å². The number of aromatic nitrogens is 2. The highest BCUT2D eigenvalue weighted by Crippen LogP contribution is 2.29. The number of nitrogens with one attached hydrogen (secondary N) is 2. The fourth-order valence-corrected chi connectivity index (χ4v) is 3.00. The minimum atomic E-state index is -0.600. The Balaban J connectivity index is 1.94. The summed E-state index contributed by atoms with van der Waals surface area (Å²) in [4.78, 5) is 32.3. The molecule has 0 atom stereocenters. The lowest BCUT2D eigenvalue weighted by Gasteiger charge is -2.14. The highest BCUT2D eigenvalue weighted by Gasteiger charge is 2.15. The van der Waals surface area contributed by atoms with E-state index in [0.29, 0.717) is 17.3 Å². The predicted molar refractivity (Wildman–Crippen MR) is 116 cm³/mol. The third kappa shape index (κ3) is 4.84. The molecule has 4 N–H and O–H groups in total. The zero-order valence-electron chi connectivity index (χ0n) is 16.1. The van der Waals surface area contributed by atoms with Crippen LogP contribution in [0.5, 0.6) is 0 Å². The van der Waals surface area contributed by atoms with E-state index >= 15 is 0 Å². The Morgan fingerprint density at radius 2 is 1.47 bits per heavy atom. The van der Waals surface area contributed by atoms with Gasteiger partial charge in [0, 0.05) is 15.8 Å². The van der Waals surface area contributed by atoms with E-state index in [1.54, 1.807) is 0 Å². The van der Waals surface area contributed by atoms with E-state index in [-0.39, 0.29) is 16.8 Å². The van der Waals surface area contributed by atoms with Gasteiger partial charge in [-0.2, -0.15) is 0 Å². The minimum absolute atomic E-state index is 0.169. The number of nitrogens with two attached hydrogens (primary N) is 1. The molecule has 0 fully saturated rings. The van der Waals surface area contributed by atoms with Gasteiger partial charge in [0.15, 0.2) is 11.6 Å². The SMILES string of the molecule is COC(=O)c1cc(Nc2ncnc(Nc3cccc(Br)c3)c2N)cc(C(=O)OC)c1. The zero-order valence-corrected chi connectivity index (χ0v) is 17.7. The molecule has 0 spiro atoms. The van der Waals surface area contributed by atoms with Gasteiger partial charge < -0.3 is 25.8 Å². The second-order valence-electron chi connectivity index (χ2n) is 6.03. The van der Waals surface area contributed by atoms with E-state index in [0.717, 1.165) is 10.2 Å². The van der Waals surface area contributed by atoms with Gasteiger partial charge in [-0.1, -0.05) is 22.0 Å². The van der Waals surface area contributed by atoms with Gasteiger partial charge in [-0.05, 0) is 36.4 Å². The van der Waals surface area contributed by atoms with Crippen LogP contribution in [0.3, 0.4) is 0 Å². The average Bonchev–Trinajstić information content (AvgIpc) is 2.75. The maximum absolute atomic E-state index is 12.0. The van der Waals surface area contributed by atoms with E-state index in [4.69, 9.17) is 15.2 Å². The first kappa shape index (κ1) is 21.1. The number of nitrogen functional groups attached to an aromatic ring is 1. The van der Waals surface area contributed by atoms with Crippen molar-refractivity contribution < 1.29 is 19.1 Å². The Morgan fingerprint density at radius 3 is 2.00 bits per heavy atom. The molecule has 0 bridgehead atoms. The molecule has 30 heavy (non-hydrogen) atoms. The van der Waals surface area contributed by atoms with Crippen LogP contribution in [0.1, 0.15) is 20.7 Å². The smallest absolute Gasteiger partial charge is 0.337 e. The number of ether oxygens (including phenoxy) is 2. The standard InChI is InChI=1S/C20H18BrN5O4/c1-29-19(27)11-6-12(20(28)30-2)8-15(7-11)26-18-16(22)17(23-10-24-18)25-14-5-3-4-13(21)9-14/h3-10H,22H2,1-2H3,(H2,23,24,25,26). The Labute approximate surface area is 180 Å². The van der Waals surface area contributed by atoms with Crippen molar-refractivity contribution in [2.24, 2.45) is 0 Å². The number of hydrogen-bond donors (Lipinski definition) is 3. The summed E-state index contributed by atoms with van der Waals surface area (Å²) in [6, 6.07) is 11.9. The molecular weight excluding hydrogens is 454 g/mol. The van der Waals surface area contributed by atoms with Gasteiger partial charge >= 0.3 is 11.9 Å². The fourth-order valence-electron chi connectivity index (χ4n) is 2.61. The monoisotopic (exact) mass is 471 g/mol. The molecule has 0 saturated heterocycles. The van der Waals surface area contributed by atoms with Gasteiger partial charge in [0.2, 0.25) is 0 Å². The highest BCUT2D eigenvalue weighted by molar-refractivity contribution is 9.10. The summed E-state index contributed by atoms with van der Waals surface area (Å²) in [5.74, 6) is -0.517. The number of halogens is 1. The lowest BCUT2D eigenvalue weighted by atomic mass is 10.1. The third-order valence-corrected chi connectivity index (χ3v) is 4.50. The molecule has 1 aromatic heterocycles. The van der Waals surface area contributed by atoms with Crippen LogP contribution in [0, 0.1) is 0 Å². The van der Waals surface area contributed by atoms with Crippen LogP contribution in [0.15, 0.2) is 53.3 Å². The number of rotatable bonds is 6. The summed E-state index contributed by atoms with van der Waals surface area (Å²) in [7, 11) is 2.51. The van der Waals surface area contributed by atoms with Crippen molar-refractivity contribution in [2.75, 3.05) is 30.6 Å². The molecule has 0 amide bonds. The number of hydrogen-bond acceptors (Lipinski definition) is 9. The van der Waals surface area contributed by atoms with Crippen molar-refractivity contribution in [1.82, 2.24) is 9.97 Å². The molecule has 3 aromatic rings. The average molecular weight is 472 g/mol. The van der Waals surface area contributed by atoms with E-state index in [1.165, 1.54) is 38.7 Å². The predicted octanol–water partition coefficient (Wildman–Crippen LogP) is 3.88. The van der Waals surface area contributed by atoms with Gasteiger partial charge in [0.25, 0.3) is 0 Å². The van der Waals surface area contributed by atoms with Gasteiger partial charge in [0.1, 0.15) is 12.0 Å². The summed E-state index contributed by atoms with van der Waals surface area (Å²) in [5.41, 5.74) is 7.99. The number of esters is 2.